The molecule has 150 valence electrons. The molecule has 1 fully saturated rings. The van der Waals surface area contributed by atoms with Crippen molar-refractivity contribution >= 4 is 60.9 Å². The number of fused-ring (bicyclic) bond motifs is 1. The third-order valence-corrected chi connectivity index (χ3v) is 7.22. The number of aromatic nitrogens is 1. The minimum Gasteiger partial charge on any atom is -0.355 e. The minimum absolute atomic E-state index is 0.0703. The van der Waals surface area contributed by atoms with E-state index in [2.05, 4.69) is 44.4 Å². The molecule has 5 nitrogen and oxygen atoms in total. The maximum Gasteiger partial charge on any atom is 0.236 e. The summed E-state index contributed by atoms with van der Waals surface area (Å²) in [6.07, 6.45) is 0. The minimum atomic E-state index is -0.0703. The summed E-state index contributed by atoms with van der Waals surface area (Å²) >= 11 is 8.47. The number of piperazine rings is 1. The number of nitrogens with one attached hydrogen (secondary N) is 1. The number of rotatable bonds is 5. The highest BCUT2D eigenvalue weighted by molar-refractivity contribution is 8.23. The van der Waals surface area contributed by atoms with Crippen LogP contribution in [0.15, 0.2) is 54.6 Å². The van der Waals surface area contributed by atoms with Crippen molar-refractivity contribution in [3.05, 3.63) is 60.2 Å². The van der Waals surface area contributed by atoms with E-state index in [1.807, 2.05) is 30.3 Å². The Bertz CT molecular complexity index is 951. The molecule has 2 heterocycles. The van der Waals surface area contributed by atoms with E-state index in [1.54, 1.807) is 0 Å². The van der Waals surface area contributed by atoms with Crippen LogP contribution >= 0.6 is 35.3 Å². The highest BCUT2D eigenvalue weighted by Gasteiger charge is 2.20. The molecule has 2 aromatic carbocycles. The summed E-state index contributed by atoms with van der Waals surface area (Å²) in [5, 5.41) is 3.52. The monoisotopic (exact) mass is 442 g/mol. The second-order valence-corrected chi connectivity index (χ2v) is 9.48. The van der Waals surface area contributed by atoms with Crippen LogP contribution in [0.1, 0.15) is 5.56 Å². The summed E-state index contributed by atoms with van der Waals surface area (Å²) in [5.74, 6) is 0.234. The van der Waals surface area contributed by atoms with Crippen molar-refractivity contribution in [2.24, 2.45) is 0 Å². The van der Waals surface area contributed by atoms with Gasteiger partial charge in [0.2, 0.25) is 5.91 Å². The topological polar surface area (TPSA) is 48.5 Å². The number of thiocarbonyl (C=S) groups is 1. The number of amides is 1. The van der Waals surface area contributed by atoms with Gasteiger partial charge in [0.05, 0.1) is 16.0 Å². The van der Waals surface area contributed by atoms with Gasteiger partial charge < -0.3 is 10.2 Å². The summed E-state index contributed by atoms with van der Waals surface area (Å²) in [4.78, 5) is 21.4. The molecule has 8 heteroatoms. The Kier molecular flexibility index (Phi) is 6.76. The molecule has 3 aromatic rings. The Morgan fingerprint density at radius 3 is 2.55 bits per heavy atom. The summed E-state index contributed by atoms with van der Waals surface area (Å²) in [5.41, 5.74) is 2.24. The molecule has 0 bridgehead atoms. The lowest BCUT2D eigenvalue weighted by Crippen LogP contribution is -2.47. The summed E-state index contributed by atoms with van der Waals surface area (Å²) in [6, 6.07) is 18.4. The van der Waals surface area contributed by atoms with Crippen LogP contribution in [-0.2, 0) is 11.3 Å². The maximum atomic E-state index is 12.3. The van der Waals surface area contributed by atoms with Crippen LogP contribution in [0.5, 0.6) is 0 Å². The highest BCUT2D eigenvalue weighted by atomic mass is 32.2. The lowest BCUT2D eigenvalue weighted by Gasteiger charge is -2.35. The van der Waals surface area contributed by atoms with Gasteiger partial charge in [-0.1, -0.05) is 77.8 Å². The van der Waals surface area contributed by atoms with Crippen molar-refractivity contribution in [1.82, 2.24) is 14.8 Å². The zero-order valence-corrected chi connectivity index (χ0v) is 18.4. The average molecular weight is 443 g/mol. The number of hydrogen-bond acceptors (Lipinski definition) is 6. The lowest BCUT2D eigenvalue weighted by molar-refractivity contribution is -0.113. The van der Waals surface area contributed by atoms with E-state index < -0.39 is 0 Å². The normalized spacial score (nSPS) is 14.8. The van der Waals surface area contributed by atoms with Crippen LogP contribution in [-0.4, -0.2) is 56.9 Å². The molecule has 1 saturated heterocycles. The molecule has 4 rings (SSSR count). The van der Waals surface area contributed by atoms with Gasteiger partial charge in [-0.05, 0) is 17.7 Å². The number of hydrogen-bond donors (Lipinski definition) is 1. The number of anilines is 1. The molecule has 1 aromatic heterocycles. The Morgan fingerprint density at radius 1 is 1.07 bits per heavy atom. The lowest BCUT2D eigenvalue weighted by atomic mass is 10.2. The first-order valence-corrected chi connectivity index (χ1v) is 11.7. The predicted octanol–water partition coefficient (Wildman–Crippen LogP) is 4.07. The molecule has 0 radical (unpaired) electrons. The number of benzene rings is 2. The SMILES string of the molecule is O=C(CSC(=S)N1CCN(Cc2ccccc2)CC1)Nc1nc2ccccc2s1. The van der Waals surface area contributed by atoms with E-state index in [0.717, 1.165) is 47.3 Å². The van der Waals surface area contributed by atoms with Crippen molar-refractivity contribution in [3.8, 4) is 0 Å². The van der Waals surface area contributed by atoms with Gasteiger partial charge in [-0.2, -0.15) is 0 Å². The van der Waals surface area contributed by atoms with Gasteiger partial charge in [-0.25, -0.2) is 4.98 Å². The Balaban J connectivity index is 1.20. The van der Waals surface area contributed by atoms with Crippen molar-refractivity contribution in [2.45, 2.75) is 6.54 Å². The predicted molar refractivity (Wildman–Crippen MR) is 127 cm³/mol. The van der Waals surface area contributed by atoms with Gasteiger partial charge in [-0.15, -0.1) is 0 Å². The third-order valence-electron chi connectivity index (χ3n) is 4.75. The molecule has 0 unspecified atom stereocenters. The summed E-state index contributed by atoms with van der Waals surface area (Å²) < 4.78 is 1.86. The van der Waals surface area contributed by atoms with E-state index in [1.165, 1.54) is 28.7 Å². The second kappa shape index (κ2) is 9.67. The molecular weight excluding hydrogens is 420 g/mol. The first-order valence-electron chi connectivity index (χ1n) is 9.51. The van der Waals surface area contributed by atoms with Gasteiger partial charge >= 0.3 is 0 Å². The van der Waals surface area contributed by atoms with E-state index >= 15 is 0 Å². The Morgan fingerprint density at radius 2 is 1.79 bits per heavy atom. The van der Waals surface area contributed by atoms with Gasteiger partial charge in [0.1, 0.15) is 4.32 Å². The van der Waals surface area contributed by atoms with Crippen molar-refractivity contribution in [1.29, 1.82) is 0 Å². The molecular formula is C21H22N4OS3. The highest BCUT2D eigenvalue weighted by Crippen LogP contribution is 2.25. The first kappa shape index (κ1) is 20.3. The largest absolute Gasteiger partial charge is 0.355 e. The van der Waals surface area contributed by atoms with Crippen LogP contribution in [0.3, 0.4) is 0 Å². The summed E-state index contributed by atoms with van der Waals surface area (Å²) in [6.45, 7) is 4.73. The van der Waals surface area contributed by atoms with E-state index in [9.17, 15) is 4.79 Å². The molecule has 29 heavy (non-hydrogen) atoms. The van der Waals surface area contributed by atoms with Crippen molar-refractivity contribution in [3.63, 3.8) is 0 Å². The quantitative estimate of drug-likeness (QED) is 0.601. The fraction of sp³-hybridized carbons (Fsp3) is 0.286. The van der Waals surface area contributed by atoms with E-state index in [4.69, 9.17) is 12.2 Å². The molecule has 0 atom stereocenters. The molecule has 0 aliphatic carbocycles. The number of carbonyl (C=O) groups is 1. The molecule has 1 N–H and O–H groups in total. The molecule has 0 saturated carbocycles. The van der Waals surface area contributed by atoms with Gasteiger partial charge in [-0.3, -0.25) is 9.69 Å². The summed E-state index contributed by atoms with van der Waals surface area (Å²) in [7, 11) is 0. The average Bonchev–Trinajstić information content (AvgIpc) is 3.15. The third kappa shape index (κ3) is 5.54. The Labute approximate surface area is 184 Å². The Hall–Kier alpha value is -2.00. The molecule has 0 spiro atoms. The van der Waals surface area contributed by atoms with Crippen LogP contribution < -0.4 is 5.32 Å². The van der Waals surface area contributed by atoms with Crippen molar-refractivity contribution in [2.75, 3.05) is 37.2 Å². The zero-order chi connectivity index (χ0) is 20.1. The van der Waals surface area contributed by atoms with Crippen LogP contribution in [0.2, 0.25) is 0 Å². The molecule has 1 aliphatic heterocycles. The van der Waals surface area contributed by atoms with Gasteiger partial charge in [0, 0.05) is 32.7 Å². The van der Waals surface area contributed by atoms with Gasteiger partial charge in [0.15, 0.2) is 5.13 Å². The van der Waals surface area contributed by atoms with E-state index in [-0.39, 0.29) is 5.91 Å². The van der Waals surface area contributed by atoms with E-state index in [0.29, 0.717) is 10.9 Å². The fourth-order valence-electron chi connectivity index (χ4n) is 3.23. The number of para-hydroxylation sites is 1. The van der Waals surface area contributed by atoms with Crippen LogP contribution in [0.4, 0.5) is 5.13 Å². The second-order valence-electron chi connectivity index (χ2n) is 6.84. The number of nitrogens with zero attached hydrogens (tertiary/aromatic N) is 3. The number of thioether (sulfide) groups is 1. The smallest absolute Gasteiger partial charge is 0.236 e. The van der Waals surface area contributed by atoms with Gasteiger partial charge in [0.25, 0.3) is 0 Å². The fourth-order valence-corrected chi connectivity index (χ4v) is 5.16. The van der Waals surface area contributed by atoms with Crippen LogP contribution in [0, 0.1) is 0 Å². The first-order chi connectivity index (χ1) is 14.2. The number of thiazole rings is 1. The molecule has 1 amide bonds. The van der Waals surface area contributed by atoms with Crippen molar-refractivity contribution < 1.29 is 4.79 Å². The zero-order valence-electron chi connectivity index (χ0n) is 15.9. The molecule has 1 aliphatic rings. The maximum absolute atomic E-state index is 12.3. The standard InChI is InChI=1S/C21H22N4OS3/c26-19(23-20-22-17-8-4-5-9-18(17)29-20)15-28-21(27)25-12-10-24(11-13-25)14-16-6-2-1-3-7-16/h1-9H,10-15H2,(H,22,23,26). The number of carbonyl (C=O) groups excluding carboxylic acids is 1. The van der Waals surface area contributed by atoms with Crippen LogP contribution in [0.25, 0.3) is 10.2 Å².